The van der Waals surface area contributed by atoms with Crippen LogP contribution in [0.15, 0.2) is 24.3 Å². The molecule has 21 heavy (non-hydrogen) atoms. The van der Waals surface area contributed by atoms with Crippen LogP contribution in [0.4, 0.5) is 0 Å². The van der Waals surface area contributed by atoms with Crippen LogP contribution in [0.2, 0.25) is 0 Å². The highest BCUT2D eigenvalue weighted by Gasteiger charge is 2.43. The molecule has 0 amide bonds. The molecular formula is C14H20O7. The van der Waals surface area contributed by atoms with E-state index in [4.69, 9.17) is 14.6 Å². The van der Waals surface area contributed by atoms with Crippen molar-refractivity contribution in [2.75, 3.05) is 13.2 Å². The Hall–Kier alpha value is -1.22. The normalized spacial score (nSPS) is 33.0. The number of phenolic OH excluding ortho intramolecular Hbond substituents is 1. The minimum absolute atomic E-state index is 0.175. The quantitative estimate of drug-likeness (QED) is 0.431. The molecule has 0 aliphatic carbocycles. The van der Waals surface area contributed by atoms with Gasteiger partial charge in [0.1, 0.15) is 30.2 Å². The van der Waals surface area contributed by atoms with Crippen molar-refractivity contribution in [2.24, 2.45) is 0 Å². The third-order valence-corrected chi connectivity index (χ3v) is 3.46. The first-order valence-corrected chi connectivity index (χ1v) is 6.73. The number of rotatable bonds is 5. The first-order chi connectivity index (χ1) is 10.0. The first kappa shape index (κ1) is 16.2. The van der Waals surface area contributed by atoms with Gasteiger partial charge in [-0.2, -0.15) is 0 Å². The van der Waals surface area contributed by atoms with E-state index in [-0.39, 0.29) is 12.4 Å². The SMILES string of the molecule is OC[C@H]1O[C@@H](O[13CH2]Cc2ccc(O)cc2)[C@H](O)[C@@H](O)[C@@H]1O. The van der Waals surface area contributed by atoms with Crippen LogP contribution in [0.5, 0.6) is 5.75 Å². The molecule has 1 saturated heterocycles. The lowest BCUT2D eigenvalue weighted by Crippen LogP contribution is -2.59. The Morgan fingerprint density at radius 2 is 1.67 bits per heavy atom. The summed E-state index contributed by atoms with van der Waals surface area (Å²) in [7, 11) is 0. The minimum Gasteiger partial charge on any atom is -0.508 e. The number of hydrogen-bond donors (Lipinski definition) is 5. The van der Waals surface area contributed by atoms with E-state index in [2.05, 4.69) is 0 Å². The fraction of sp³-hybridized carbons (Fsp3) is 0.571. The van der Waals surface area contributed by atoms with E-state index < -0.39 is 37.3 Å². The van der Waals surface area contributed by atoms with Crippen LogP contribution >= 0.6 is 0 Å². The fourth-order valence-corrected chi connectivity index (χ4v) is 2.16. The van der Waals surface area contributed by atoms with Crippen molar-refractivity contribution >= 4 is 0 Å². The zero-order valence-electron chi connectivity index (χ0n) is 11.4. The van der Waals surface area contributed by atoms with Crippen LogP contribution < -0.4 is 0 Å². The topological polar surface area (TPSA) is 120 Å². The Bertz CT molecular complexity index is 433. The summed E-state index contributed by atoms with van der Waals surface area (Å²) < 4.78 is 10.6. The number of aromatic hydroxyl groups is 1. The summed E-state index contributed by atoms with van der Waals surface area (Å²) in [5.74, 6) is 0.175. The average Bonchev–Trinajstić information content (AvgIpc) is 2.49. The summed E-state index contributed by atoms with van der Waals surface area (Å²) in [6.45, 7) is -0.268. The molecule has 1 fully saturated rings. The molecule has 1 aliphatic rings. The molecule has 1 aromatic rings. The highest BCUT2D eigenvalue weighted by Crippen LogP contribution is 2.22. The van der Waals surface area contributed by atoms with Gasteiger partial charge >= 0.3 is 0 Å². The Kier molecular flexibility index (Phi) is 5.51. The number of benzene rings is 1. The second-order valence-corrected chi connectivity index (χ2v) is 4.98. The van der Waals surface area contributed by atoms with Gasteiger partial charge in [0.25, 0.3) is 0 Å². The van der Waals surface area contributed by atoms with Crippen molar-refractivity contribution in [2.45, 2.75) is 37.1 Å². The predicted octanol–water partition coefficient (Wildman–Crippen LogP) is -1.25. The van der Waals surface area contributed by atoms with E-state index >= 15 is 0 Å². The molecule has 0 bridgehead atoms. The monoisotopic (exact) mass is 301 g/mol. The number of aliphatic hydroxyl groups excluding tert-OH is 4. The number of hydrogen-bond acceptors (Lipinski definition) is 7. The van der Waals surface area contributed by atoms with Crippen molar-refractivity contribution in [3.8, 4) is 5.75 Å². The summed E-state index contributed by atoms with van der Waals surface area (Å²) in [4.78, 5) is 0. The maximum absolute atomic E-state index is 9.78. The zero-order valence-corrected chi connectivity index (χ0v) is 11.4. The van der Waals surface area contributed by atoms with Crippen LogP contribution in [-0.2, 0) is 15.9 Å². The highest BCUT2D eigenvalue weighted by atomic mass is 16.7. The Labute approximate surface area is 122 Å². The summed E-state index contributed by atoms with van der Waals surface area (Å²) >= 11 is 0. The average molecular weight is 301 g/mol. The van der Waals surface area contributed by atoms with E-state index in [0.717, 1.165) is 5.56 Å². The van der Waals surface area contributed by atoms with Gasteiger partial charge in [0.2, 0.25) is 0 Å². The summed E-state index contributed by atoms with van der Waals surface area (Å²) in [6, 6.07) is 6.60. The van der Waals surface area contributed by atoms with Crippen LogP contribution in [0.3, 0.4) is 0 Å². The molecular weight excluding hydrogens is 281 g/mol. The van der Waals surface area contributed by atoms with Gasteiger partial charge in [0.15, 0.2) is 6.29 Å². The second-order valence-electron chi connectivity index (χ2n) is 4.98. The molecule has 0 spiro atoms. The van der Waals surface area contributed by atoms with Gasteiger partial charge in [-0.1, -0.05) is 12.1 Å². The fourth-order valence-electron chi connectivity index (χ4n) is 2.16. The molecule has 0 aromatic heterocycles. The largest absolute Gasteiger partial charge is 0.508 e. The third-order valence-electron chi connectivity index (χ3n) is 3.46. The van der Waals surface area contributed by atoms with Crippen molar-refractivity contribution in [3.05, 3.63) is 29.8 Å². The van der Waals surface area contributed by atoms with Gasteiger partial charge in [-0.25, -0.2) is 0 Å². The summed E-state index contributed by atoms with van der Waals surface area (Å²) in [5.41, 5.74) is 0.928. The molecule has 1 aromatic carbocycles. The number of ether oxygens (including phenoxy) is 2. The molecule has 1 aliphatic heterocycles. The van der Waals surface area contributed by atoms with Gasteiger partial charge in [-0.3, -0.25) is 0 Å². The maximum atomic E-state index is 9.78. The maximum Gasteiger partial charge on any atom is 0.186 e. The van der Waals surface area contributed by atoms with E-state index in [1.165, 1.54) is 0 Å². The van der Waals surface area contributed by atoms with Crippen LogP contribution in [0, 0.1) is 0 Å². The smallest absolute Gasteiger partial charge is 0.186 e. The van der Waals surface area contributed by atoms with Gasteiger partial charge in [-0.05, 0) is 24.1 Å². The Morgan fingerprint density at radius 3 is 2.29 bits per heavy atom. The van der Waals surface area contributed by atoms with E-state index in [9.17, 15) is 20.4 Å². The van der Waals surface area contributed by atoms with Gasteiger partial charge in [-0.15, -0.1) is 0 Å². The molecule has 0 saturated carbocycles. The van der Waals surface area contributed by atoms with Gasteiger partial charge in [0, 0.05) is 0 Å². The predicted molar refractivity (Wildman–Crippen MR) is 71.5 cm³/mol. The lowest BCUT2D eigenvalue weighted by atomic mass is 9.99. The van der Waals surface area contributed by atoms with E-state index in [1.54, 1.807) is 24.3 Å². The van der Waals surface area contributed by atoms with Crippen molar-refractivity contribution < 1.29 is 35.0 Å². The molecule has 2 rings (SSSR count). The molecule has 5 N–H and O–H groups in total. The molecule has 118 valence electrons. The molecule has 7 heteroatoms. The van der Waals surface area contributed by atoms with Crippen LogP contribution in [0.25, 0.3) is 0 Å². The van der Waals surface area contributed by atoms with Gasteiger partial charge in [0.05, 0.1) is 13.2 Å². The highest BCUT2D eigenvalue weighted by molar-refractivity contribution is 5.25. The number of aliphatic hydroxyl groups is 4. The summed E-state index contributed by atoms with van der Waals surface area (Å²) in [5, 5.41) is 47.3. The van der Waals surface area contributed by atoms with Crippen molar-refractivity contribution in [3.63, 3.8) is 0 Å². The van der Waals surface area contributed by atoms with Crippen LogP contribution in [-0.4, -0.2) is 69.5 Å². The third kappa shape index (κ3) is 3.91. The lowest BCUT2D eigenvalue weighted by Gasteiger charge is -2.39. The summed E-state index contributed by atoms with van der Waals surface area (Å²) in [6.07, 6.45) is -5.77. The molecule has 7 nitrogen and oxygen atoms in total. The second kappa shape index (κ2) is 7.17. The molecule has 1 heterocycles. The van der Waals surface area contributed by atoms with E-state index in [0.29, 0.717) is 6.42 Å². The van der Waals surface area contributed by atoms with Crippen molar-refractivity contribution in [1.29, 1.82) is 0 Å². The molecule has 0 unspecified atom stereocenters. The standard InChI is InChI=1S/C14H20O7/c15-7-10-11(17)12(18)13(19)14(21-10)20-6-5-8-1-3-9(16)4-2-8/h1-4,10-19H,5-7H2/t10-,11-,12+,13-,14-/m1/s1/i6+1. The van der Waals surface area contributed by atoms with E-state index in [1.807, 2.05) is 0 Å². The Balaban J connectivity index is 1.85. The van der Waals surface area contributed by atoms with Crippen molar-refractivity contribution in [1.82, 2.24) is 0 Å². The Morgan fingerprint density at radius 1 is 1.00 bits per heavy atom. The lowest BCUT2D eigenvalue weighted by molar-refractivity contribution is -0.300. The minimum atomic E-state index is -1.44. The molecule has 0 radical (unpaired) electrons. The molecule has 5 atom stereocenters. The first-order valence-electron chi connectivity index (χ1n) is 6.73. The van der Waals surface area contributed by atoms with Gasteiger partial charge < -0.3 is 35.0 Å². The van der Waals surface area contributed by atoms with Crippen LogP contribution in [0.1, 0.15) is 5.56 Å². The zero-order chi connectivity index (χ0) is 15.4. The number of phenols is 1.